The number of amides is 1. The zero-order valence-electron chi connectivity index (χ0n) is 19.7. The van der Waals surface area contributed by atoms with Crippen molar-refractivity contribution in [3.05, 3.63) is 64.7 Å². The Morgan fingerprint density at radius 1 is 1.06 bits per heavy atom. The third-order valence-corrected chi connectivity index (χ3v) is 6.46. The molecule has 1 aromatic heterocycles. The van der Waals surface area contributed by atoms with E-state index >= 15 is 0 Å². The lowest BCUT2D eigenvalue weighted by Crippen LogP contribution is -2.49. The normalized spacial score (nSPS) is 15.5. The van der Waals surface area contributed by atoms with E-state index < -0.39 is 0 Å². The lowest BCUT2D eigenvalue weighted by molar-refractivity contribution is -0.133. The van der Waals surface area contributed by atoms with Crippen LogP contribution in [-0.4, -0.2) is 58.5 Å². The predicted octanol–water partition coefficient (Wildman–Crippen LogP) is 3.79. The maximum atomic E-state index is 13.6. The van der Waals surface area contributed by atoms with E-state index in [1.165, 1.54) is 0 Å². The Labute approximate surface area is 194 Å². The molecule has 174 valence electrons. The highest BCUT2D eigenvalue weighted by Gasteiger charge is 2.28. The zero-order valence-corrected chi connectivity index (χ0v) is 19.7. The summed E-state index contributed by atoms with van der Waals surface area (Å²) in [6.07, 6.45) is 2.57. The number of benzene rings is 2. The Morgan fingerprint density at radius 3 is 2.48 bits per heavy atom. The van der Waals surface area contributed by atoms with Crippen molar-refractivity contribution in [1.29, 1.82) is 0 Å². The van der Waals surface area contributed by atoms with Crippen LogP contribution in [0.3, 0.4) is 0 Å². The van der Waals surface area contributed by atoms with E-state index in [1.54, 1.807) is 11.7 Å². The van der Waals surface area contributed by atoms with Crippen LogP contribution in [0.4, 0.5) is 0 Å². The molecule has 1 aliphatic heterocycles. The van der Waals surface area contributed by atoms with Crippen molar-refractivity contribution in [1.82, 2.24) is 19.4 Å². The lowest BCUT2D eigenvalue weighted by atomic mass is 10.1. The van der Waals surface area contributed by atoms with E-state index in [1.807, 2.05) is 53.4 Å². The number of rotatable bonds is 7. The van der Waals surface area contributed by atoms with Gasteiger partial charge in [0.05, 0.1) is 29.7 Å². The molecule has 0 aliphatic carbocycles. The fraction of sp³-hybridized carbons (Fsp3) is 0.423. The molecule has 0 spiro atoms. The van der Waals surface area contributed by atoms with E-state index in [4.69, 9.17) is 9.72 Å². The molecule has 1 fully saturated rings. The summed E-state index contributed by atoms with van der Waals surface area (Å²) in [4.78, 5) is 35.3. The molecule has 33 heavy (non-hydrogen) atoms. The van der Waals surface area contributed by atoms with Crippen molar-refractivity contribution >= 4 is 16.8 Å². The minimum absolute atomic E-state index is 0.111. The molecule has 1 amide bonds. The fourth-order valence-corrected chi connectivity index (χ4v) is 4.49. The van der Waals surface area contributed by atoms with Gasteiger partial charge >= 0.3 is 0 Å². The minimum atomic E-state index is -0.111. The summed E-state index contributed by atoms with van der Waals surface area (Å²) in [5.41, 5.74) is 1.25. The maximum Gasteiger partial charge on any atom is 0.266 e. The molecule has 1 unspecified atom stereocenters. The first kappa shape index (κ1) is 23.0. The van der Waals surface area contributed by atoms with Crippen LogP contribution in [0, 0.1) is 0 Å². The molecule has 1 aliphatic rings. The van der Waals surface area contributed by atoms with Gasteiger partial charge in [0.15, 0.2) is 0 Å². The summed E-state index contributed by atoms with van der Waals surface area (Å²) in [6.45, 7) is 7.06. The number of ether oxygens (including phenoxy) is 1. The second-order valence-electron chi connectivity index (χ2n) is 8.50. The van der Waals surface area contributed by atoms with E-state index in [0.29, 0.717) is 47.7 Å². The number of methoxy groups -OCH3 is 1. The molecule has 1 atom stereocenters. The first-order valence-electron chi connectivity index (χ1n) is 11.7. The van der Waals surface area contributed by atoms with Gasteiger partial charge in [-0.3, -0.25) is 19.1 Å². The summed E-state index contributed by atoms with van der Waals surface area (Å²) in [5.74, 6) is 1.53. The number of hydrogen-bond donors (Lipinski definition) is 0. The molecular formula is C26H32N4O3. The van der Waals surface area contributed by atoms with Crippen LogP contribution in [0.1, 0.15) is 45.0 Å². The lowest BCUT2D eigenvalue weighted by Gasteiger charge is -2.38. The SMILES string of the molecule is CCCCC(=O)N1CCN(C(C)c2nc3ccccc3c(=O)n2-c2ccccc2OC)CC1. The largest absolute Gasteiger partial charge is 0.495 e. The van der Waals surface area contributed by atoms with Gasteiger partial charge in [-0.1, -0.05) is 37.6 Å². The summed E-state index contributed by atoms with van der Waals surface area (Å²) in [5, 5.41) is 0.575. The highest BCUT2D eigenvalue weighted by molar-refractivity contribution is 5.78. The molecule has 7 heteroatoms. The molecule has 0 bridgehead atoms. The average molecular weight is 449 g/mol. The van der Waals surface area contributed by atoms with Crippen molar-refractivity contribution in [2.24, 2.45) is 0 Å². The average Bonchev–Trinajstić information content (AvgIpc) is 2.87. The van der Waals surface area contributed by atoms with Crippen LogP contribution < -0.4 is 10.3 Å². The number of carbonyl (C=O) groups excluding carboxylic acids is 1. The van der Waals surface area contributed by atoms with Gasteiger partial charge in [0.2, 0.25) is 5.91 Å². The number of nitrogens with zero attached hydrogens (tertiary/aromatic N) is 4. The molecule has 2 aromatic carbocycles. The smallest absolute Gasteiger partial charge is 0.266 e. The van der Waals surface area contributed by atoms with Crippen molar-refractivity contribution in [2.75, 3.05) is 33.3 Å². The Morgan fingerprint density at radius 2 is 1.76 bits per heavy atom. The summed E-state index contributed by atoms with van der Waals surface area (Å²) < 4.78 is 7.26. The van der Waals surface area contributed by atoms with Gasteiger partial charge in [-0.15, -0.1) is 0 Å². The minimum Gasteiger partial charge on any atom is -0.495 e. The number of hydrogen-bond acceptors (Lipinski definition) is 5. The summed E-state index contributed by atoms with van der Waals surface area (Å²) >= 11 is 0. The third-order valence-electron chi connectivity index (χ3n) is 6.46. The number of para-hydroxylation sites is 3. The first-order chi connectivity index (χ1) is 16.0. The second kappa shape index (κ2) is 10.2. The number of fused-ring (bicyclic) bond motifs is 1. The number of aromatic nitrogens is 2. The first-order valence-corrected chi connectivity index (χ1v) is 11.7. The van der Waals surface area contributed by atoms with E-state index in [9.17, 15) is 9.59 Å². The predicted molar refractivity (Wildman–Crippen MR) is 130 cm³/mol. The topological polar surface area (TPSA) is 67.7 Å². The van der Waals surface area contributed by atoms with Gasteiger partial charge in [0.1, 0.15) is 11.6 Å². The number of unbranched alkanes of at least 4 members (excludes halogenated alkanes) is 1. The molecule has 1 saturated heterocycles. The highest BCUT2D eigenvalue weighted by Crippen LogP contribution is 2.28. The fourth-order valence-electron chi connectivity index (χ4n) is 4.49. The van der Waals surface area contributed by atoms with Gasteiger partial charge in [-0.2, -0.15) is 0 Å². The number of carbonyl (C=O) groups is 1. The van der Waals surface area contributed by atoms with Crippen LogP contribution in [-0.2, 0) is 4.79 Å². The van der Waals surface area contributed by atoms with Crippen molar-refractivity contribution < 1.29 is 9.53 Å². The van der Waals surface area contributed by atoms with Gasteiger partial charge in [0, 0.05) is 32.6 Å². The second-order valence-corrected chi connectivity index (χ2v) is 8.50. The van der Waals surface area contributed by atoms with Gasteiger partial charge in [-0.25, -0.2) is 4.98 Å². The molecule has 7 nitrogen and oxygen atoms in total. The van der Waals surface area contributed by atoms with Gasteiger partial charge < -0.3 is 9.64 Å². The van der Waals surface area contributed by atoms with Crippen LogP contribution >= 0.6 is 0 Å². The summed E-state index contributed by atoms with van der Waals surface area (Å²) in [6, 6.07) is 14.9. The Hall–Kier alpha value is -3.19. The molecule has 4 rings (SSSR count). The Bertz CT molecular complexity index is 1180. The van der Waals surface area contributed by atoms with E-state index in [-0.39, 0.29) is 17.5 Å². The van der Waals surface area contributed by atoms with E-state index in [0.717, 1.165) is 25.9 Å². The van der Waals surface area contributed by atoms with Crippen molar-refractivity contribution in [3.8, 4) is 11.4 Å². The number of piperazine rings is 1. The van der Waals surface area contributed by atoms with Crippen LogP contribution in [0.5, 0.6) is 5.75 Å². The van der Waals surface area contributed by atoms with Crippen LogP contribution in [0.25, 0.3) is 16.6 Å². The van der Waals surface area contributed by atoms with E-state index in [2.05, 4.69) is 18.7 Å². The Kier molecular flexibility index (Phi) is 7.08. The quantitative estimate of drug-likeness (QED) is 0.550. The van der Waals surface area contributed by atoms with Crippen LogP contribution in [0.15, 0.2) is 53.3 Å². The molecule has 2 heterocycles. The Balaban J connectivity index is 1.70. The summed E-state index contributed by atoms with van der Waals surface area (Å²) in [7, 11) is 1.61. The van der Waals surface area contributed by atoms with Gasteiger partial charge in [0.25, 0.3) is 5.56 Å². The highest BCUT2D eigenvalue weighted by atomic mass is 16.5. The van der Waals surface area contributed by atoms with Gasteiger partial charge in [-0.05, 0) is 37.6 Å². The monoisotopic (exact) mass is 448 g/mol. The molecule has 0 radical (unpaired) electrons. The molecule has 3 aromatic rings. The molecule has 0 saturated carbocycles. The maximum absolute atomic E-state index is 13.6. The van der Waals surface area contributed by atoms with Crippen molar-refractivity contribution in [2.45, 2.75) is 39.2 Å². The standard InChI is InChI=1S/C26H32N4O3/c1-4-5-14-24(31)29-17-15-28(16-18-29)19(2)25-27-21-11-7-6-10-20(21)26(32)30(25)22-12-8-9-13-23(22)33-3/h6-13,19H,4-5,14-18H2,1-3H3. The molecular weight excluding hydrogens is 416 g/mol. The molecule has 0 N–H and O–H groups in total. The van der Waals surface area contributed by atoms with Crippen molar-refractivity contribution in [3.63, 3.8) is 0 Å². The van der Waals surface area contributed by atoms with Crippen LogP contribution in [0.2, 0.25) is 0 Å². The zero-order chi connectivity index (χ0) is 23.4. The third kappa shape index (κ3) is 4.64.